The Morgan fingerprint density at radius 3 is 2.62 bits per heavy atom. The second-order valence-electron chi connectivity index (χ2n) is 5.90. The van der Waals surface area contributed by atoms with Gasteiger partial charge in [0.05, 0.1) is 0 Å². The van der Waals surface area contributed by atoms with Crippen molar-refractivity contribution in [2.24, 2.45) is 0 Å². The number of amides is 1. The zero-order valence-electron chi connectivity index (χ0n) is 14.0. The van der Waals surface area contributed by atoms with E-state index in [0.29, 0.717) is 13.0 Å². The molecule has 0 radical (unpaired) electrons. The summed E-state index contributed by atoms with van der Waals surface area (Å²) in [6, 6.07) is 18.3. The highest BCUT2D eigenvalue weighted by Gasteiger charge is 2.29. The number of carbonyl (C=O) groups is 1. The van der Waals surface area contributed by atoms with Gasteiger partial charge in [-0.3, -0.25) is 4.79 Å². The van der Waals surface area contributed by atoms with Crippen LogP contribution in [0.2, 0.25) is 0 Å². The lowest BCUT2D eigenvalue weighted by molar-refractivity contribution is -0.131. The summed E-state index contributed by atoms with van der Waals surface area (Å²) in [4.78, 5) is 14.3. The molecule has 3 nitrogen and oxygen atoms in total. The molecule has 2 aromatic carbocycles. The average molecular weight is 341 g/mol. The van der Waals surface area contributed by atoms with E-state index in [0.717, 1.165) is 30.0 Å². The van der Waals surface area contributed by atoms with Crippen molar-refractivity contribution in [2.45, 2.75) is 31.7 Å². The lowest BCUT2D eigenvalue weighted by Gasteiger charge is -2.24. The van der Waals surface area contributed by atoms with E-state index in [2.05, 4.69) is 31.2 Å². The van der Waals surface area contributed by atoms with Gasteiger partial charge in [0.2, 0.25) is 5.91 Å². The van der Waals surface area contributed by atoms with E-state index in [-0.39, 0.29) is 11.3 Å². The highest BCUT2D eigenvalue weighted by molar-refractivity contribution is 7.99. The molecule has 1 amide bonds. The molecule has 1 atom stereocenters. The smallest absolute Gasteiger partial charge is 0.223 e. The van der Waals surface area contributed by atoms with Crippen molar-refractivity contribution >= 4 is 17.7 Å². The molecule has 1 fully saturated rings. The van der Waals surface area contributed by atoms with Crippen molar-refractivity contribution < 1.29 is 9.53 Å². The largest absolute Gasteiger partial charge is 0.489 e. The number of hydrogen-bond acceptors (Lipinski definition) is 3. The molecular weight excluding hydrogens is 318 g/mol. The molecule has 2 aromatic rings. The van der Waals surface area contributed by atoms with Crippen LogP contribution in [0.25, 0.3) is 0 Å². The van der Waals surface area contributed by atoms with E-state index in [1.807, 2.05) is 47.0 Å². The first kappa shape index (κ1) is 16.9. The van der Waals surface area contributed by atoms with Crippen LogP contribution in [0.4, 0.5) is 0 Å². The van der Waals surface area contributed by atoms with Crippen molar-refractivity contribution in [3.63, 3.8) is 0 Å². The first-order valence-corrected chi connectivity index (χ1v) is 9.50. The number of hydrogen-bond donors (Lipinski definition) is 0. The molecule has 0 saturated carbocycles. The Morgan fingerprint density at radius 2 is 1.92 bits per heavy atom. The van der Waals surface area contributed by atoms with Crippen LogP contribution in [-0.4, -0.2) is 23.1 Å². The lowest BCUT2D eigenvalue weighted by atomic mass is 10.2. The quantitative estimate of drug-likeness (QED) is 0.766. The van der Waals surface area contributed by atoms with Crippen molar-refractivity contribution in [2.75, 3.05) is 12.3 Å². The van der Waals surface area contributed by atoms with Gasteiger partial charge in [0.25, 0.3) is 0 Å². The van der Waals surface area contributed by atoms with Crippen LogP contribution in [-0.2, 0) is 11.4 Å². The second kappa shape index (κ2) is 8.25. The van der Waals surface area contributed by atoms with E-state index in [4.69, 9.17) is 4.74 Å². The summed E-state index contributed by atoms with van der Waals surface area (Å²) in [5, 5.41) is 0.146. The number of carbonyl (C=O) groups excluding carboxylic acids is 1. The molecule has 0 aromatic heterocycles. The van der Waals surface area contributed by atoms with Crippen LogP contribution in [0.15, 0.2) is 54.6 Å². The van der Waals surface area contributed by atoms with Crippen LogP contribution < -0.4 is 4.74 Å². The molecule has 24 heavy (non-hydrogen) atoms. The zero-order chi connectivity index (χ0) is 16.8. The fourth-order valence-corrected chi connectivity index (χ4v) is 4.11. The van der Waals surface area contributed by atoms with Crippen LogP contribution in [0.5, 0.6) is 5.75 Å². The Bertz CT molecular complexity index is 657. The highest BCUT2D eigenvalue weighted by Crippen LogP contribution is 2.38. The molecule has 1 saturated heterocycles. The molecule has 1 aliphatic rings. The van der Waals surface area contributed by atoms with Gasteiger partial charge < -0.3 is 9.64 Å². The predicted octanol–water partition coefficient (Wildman–Crippen LogP) is 4.64. The minimum Gasteiger partial charge on any atom is -0.489 e. The van der Waals surface area contributed by atoms with E-state index in [1.54, 1.807) is 0 Å². The predicted molar refractivity (Wildman–Crippen MR) is 99.0 cm³/mol. The third-order valence-corrected chi connectivity index (χ3v) is 5.35. The van der Waals surface area contributed by atoms with E-state index >= 15 is 0 Å². The van der Waals surface area contributed by atoms with Gasteiger partial charge in [-0.2, -0.15) is 0 Å². The normalized spacial score (nSPS) is 17.0. The maximum Gasteiger partial charge on any atom is 0.223 e. The Labute approximate surface area is 148 Å². The first-order valence-electron chi connectivity index (χ1n) is 8.45. The van der Waals surface area contributed by atoms with Gasteiger partial charge in [-0.25, -0.2) is 0 Å². The molecular formula is C20H23NO2S. The molecule has 4 heteroatoms. The fraction of sp³-hybridized carbons (Fsp3) is 0.350. The van der Waals surface area contributed by atoms with Crippen LogP contribution in [0.3, 0.4) is 0 Å². The van der Waals surface area contributed by atoms with Crippen molar-refractivity contribution in [3.8, 4) is 5.75 Å². The van der Waals surface area contributed by atoms with Gasteiger partial charge in [-0.15, -0.1) is 11.8 Å². The number of benzene rings is 2. The number of nitrogens with zero attached hydrogens (tertiary/aromatic N) is 1. The summed E-state index contributed by atoms with van der Waals surface area (Å²) in [6.45, 7) is 3.47. The first-order chi connectivity index (χ1) is 11.8. The molecule has 0 bridgehead atoms. The number of rotatable bonds is 6. The third kappa shape index (κ3) is 4.12. The standard InChI is InChI=1S/C20H23NO2S/c1-2-6-19(22)21-13-14-24-20(21)17-9-11-18(12-10-17)23-15-16-7-4-3-5-8-16/h3-5,7-12,20H,2,6,13-15H2,1H3/t20-/m0/s1. The highest BCUT2D eigenvalue weighted by atomic mass is 32.2. The van der Waals surface area contributed by atoms with Crippen LogP contribution in [0.1, 0.15) is 36.3 Å². The monoisotopic (exact) mass is 341 g/mol. The molecule has 3 rings (SSSR count). The van der Waals surface area contributed by atoms with Crippen molar-refractivity contribution in [1.29, 1.82) is 0 Å². The minimum atomic E-state index is 0.146. The minimum absolute atomic E-state index is 0.146. The summed E-state index contributed by atoms with van der Waals surface area (Å²) in [5.74, 6) is 2.13. The third-order valence-electron chi connectivity index (χ3n) is 4.09. The van der Waals surface area contributed by atoms with Gasteiger partial charge in [0.15, 0.2) is 0 Å². The number of ether oxygens (including phenoxy) is 1. The fourth-order valence-electron chi connectivity index (χ4n) is 2.83. The SMILES string of the molecule is CCCC(=O)N1CCS[C@H]1c1ccc(OCc2ccccc2)cc1. The lowest BCUT2D eigenvalue weighted by Crippen LogP contribution is -2.29. The summed E-state index contributed by atoms with van der Waals surface area (Å²) in [5.41, 5.74) is 2.33. The van der Waals surface area contributed by atoms with Crippen molar-refractivity contribution in [1.82, 2.24) is 4.90 Å². The summed E-state index contributed by atoms with van der Waals surface area (Å²) >= 11 is 1.84. The molecule has 0 aliphatic carbocycles. The van der Waals surface area contributed by atoms with Gasteiger partial charge in [-0.05, 0) is 29.7 Å². The van der Waals surface area contributed by atoms with Gasteiger partial charge in [0.1, 0.15) is 17.7 Å². The maximum absolute atomic E-state index is 12.2. The maximum atomic E-state index is 12.2. The molecule has 1 heterocycles. The molecule has 126 valence electrons. The Morgan fingerprint density at radius 1 is 1.17 bits per heavy atom. The summed E-state index contributed by atoms with van der Waals surface area (Å²) in [6.07, 6.45) is 1.54. The topological polar surface area (TPSA) is 29.5 Å². The average Bonchev–Trinajstić information content (AvgIpc) is 3.11. The van der Waals surface area contributed by atoms with Crippen molar-refractivity contribution in [3.05, 3.63) is 65.7 Å². The Balaban J connectivity index is 1.62. The molecule has 0 N–H and O–H groups in total. The molecule has 0 spiro atoms. The van der Waals surface area contributed by atoms with E-state index in [9.17, 15) is 4.79 Å². The Kier molecular flexibility index (Phi) is 5.81. The molecule has 1 aliphatic heterocycles. The summed E-state index contributed by atoms with van der Waals surface area (Å²) in [7, 11) is 0. The van der Waals surface area contributed by atoms with Crippen LogP contribution >= 0.6 is 11.8 Å². The van der Waals surface area contributed by atoms with E-state index in [1.165, 1.54) is 5.56 Å². The molecule has 0 unspecified atom stereocenters. The summed E-state index contributed by atoms with van der Waals surface area (Å²) < 4.78 is 5.84. The van der Waals surface area contributed by atoms with Gasteiger partial charge in [0, 0.05) is 18.7 Å². The van der Waals surface area contributed by atoms with Gasteiger partial charge in [-0.1, -0.05) is 49.4 Å². The van der Waals surface area contributed by atoms with Gasteiger partial charge >= 0.3 is 0 Å². The number of thioether (sulfide) groups is 1. The Hall–Kier alpha value is -1.94. The zero-order valence-corrected chi connectivity index (χ0v) is 14.8. The van der Waals surface area contributed by atoms with E-state index < -0.39 is 0 Å². The second-order valence-corrected chi connectivity index (χ2v) is 7.09. The van der Waals surface area contributed by atoms with Crippen LogP contribution in [0, 0.1) is 0 Å².